The number of thioether (sulfide) groups is 1. The van der Waals surface area contributed by atoms with Crippen molar-refractivity contribution in [1.82, 2.24) is 0 Å². The van der Waals surface area contributed by atoms with E-state index in [1.54, 1.807) is 7.11 Å². The molecular formula is C10H11BrO3S. The van der Waals surface area contributed by atoms with Crippen molar-refractivity contribution in [3.63, 3.8) is 0 Å². The molecule has 0 aliphatic carbocycles. The molecule has 82 valence electrons. The molecule has 0 spiro atoms. The van der Waals surface area contributed by atoms with Crippen LogP contribution >= 0.6 is 27.7 Å². The Hall–Kier alpha value is -0.680. The van der Waals surface area contributed by atoms with Gasteiger partial charge in [-0.2, -0.15) is 0 Å². The summed E-state index contributed by atoms with van der Waals surface area (Å²) >= 11 is 4.89. The van der Waals surface area contributed by atoms with Gasteiger partial charge in [-0.3, -0.25) is 4.79 Å². The lowest BCUT2D eigenvalue weighted by Crippen LogP contribution is -1.95. The minimum atomic E-state index is -0.768. The Morgan fingerprint density at radius 2 is 2.33 bits per heavy atom. The third-order valence-electron chi connectivity index (χ3n) is 1.71. The third kappa shape index (κ3) is 4.13. The smallest absolute Gasteiger partial charge is 0.304 e. The second-order valence-electron chi connectivity index (χ2n) is 2.79. The van der Waals surface area contributed by atoms with Gasteiger partial charge >= 0.3 is 5.97 Å². The number of carboxylic acids is 1. The predicted molar refractivity (Wildman–Crippen MR) is 63.7 cm³/mol. The Morgan fingerprint density at radius 3 is 2.87 bits per heavy atom. The summed E-state index contributed by atoms with van der Waals surface area (Å²) in [5.41, 5.74) is 0. The van der Waals surface area contributed by atoms with Crippen LogP contribution in [0.4, 0.5) is 0 Å². The fourth-order valence-electron chi connectivity index (χ4n) is 0.993. The molecule has 0 saturated heterocycles. The topological polar surface area (TPSA) is 46.5 Å². The van der Waals surface area contributed by atoms with Crippen LogP contribution in [0.1, 0.15) is 6.42 Å². The Labute approximate surface area is 101 Å². The van der Waals surface area contributed by atoms with E-state index in [0.29, 0.717) is 5.75 Å². The van der Waals surface area contributed by atoms with Gasteiger partial charge in [-0.15, -0.1) is 11.8 Å². The van der Waals surface area contributed by atoms with E-state index in [9.17, 15) is 4.79 Å². The minimum absolute atomic E-state index is 0.175. The molecule has 1 N–H and O–H groups in total. The summed E-state index contributed by atoms with van der Waals surface area (Å²) in [5, 5.41) is 8.49. The number of ether oxygens (including phenoxy) is 1. The first-order valence-electron chi connectivity index (χ1n) is 4.31. The maximum Gasteiger partial charge on any atom is 0.304 e. The molecule has 5 heteroatoms. The highest BCUT2D eigenvalue weighted by molar-refractivity contribution is 9.10. The van der Waals surface area contributed by atoms with Crippen molar-refractivity contribution in [3.8, 4) is 5.75 Å². The molecule has 0 fully saturated rings. The molecule has 0 amide bonds. The standard InChI is InChI=1S/C10H11BrO3S/c1-14-9-3-2-7(6-8(9)11)15-5-4-10(12)13/h2-3,6H,4-5H2,1H3,(H,12,13). The first kappa shape index (κ1) is 12.4. The highest BCUT2D eigenvalue weighted by Gasteiger charge is 2.03. The maximum absolute atomic E-state index is 10.3. The zero-order valence-corrected chi connectivity index (χ0v) is 10.6. The first-order valence-corrected chi connectivity index (χ1v) is 6.09. The van der Waals surface area contributed by atoms with Gasteiger partial charge in [0.1, 0.15) is 5.75 Å². The van der Waals surface area contributed by atoms with Gasteiger partial charge in [0.15, 0.2) is 0 Å². The number of hydrogen-bond donors (Lipinski definition) is 1. The van der Waals surface area contributed by atoms with E-state index in [1.165, 1.54) is 11.8 Å². The molecule has 0 aliphatic rings. The molecule has 0 radical (unpaired) electrons. The number of hydrogen-bond acceptors (Lipinski definition) is 3. The van der Waals surface area contributed by atoms with Gasteiger partial charge < -0.3 is 9.84 Å². The Balaban J connectivity index is 2.55. The number of methoxy groups -OCH3 is 1. The molecule has 0 aromatic heterocycles. The second kappa shape index (κ2) is 6.02. The quantitative estimate of drug-likeness (QED) is 0.847. The lowest BCUT2D eigenvalue weighted by Gasteiger charge is -2.05. The molecule has 15 heavy (non-hydrogen) atoms. The molecule has 0 heterocycles. The van der Waals surface area contributed by atoms with Gasteiger partial charge in [0.25, 0.3) is 0 Å². The van der Waals surface area contributed by atoms with E-state index in [-0.39, 0.29) is 6.42 Å². The number of rotatable bonds is 5. The van der Waals surface area contributed by atoms with E-state index >= 15 is 0 Å². The van der Waals surface area contributed by atoms with Crippen LogP contribution < -0.4 is 4.74 Å². The molecule has 1 aromatic rings. The highest BCUT2D eigenvalue weighted by Crippen LogP contribution is 2.30. The van der Waals surface area contributed by atoms with Gasteiger partial charge in [0.2, 0.25) is 0 Å². The van der Waals surface area contributed by atoms with E-state index in [4.69, 9.17) is 9.84 Å². The van der Waals surface area contributed by atoms with Crippen molar-refractivity contribution in [2.75, 3.05) is 12.9 Å². The molecule has 1 aromatic carbocycles. The van der Waals surface area contributed by atoms with Crippen molar-refractivity contribution >= 4 is 33.7 Å². The van der Waals surface area contributed by atoms with Gasteiger partial charge in [-0.25, -0.2) is 0 Å². The van der Waals surface area contributed by atoms with E-state index in [0.717, 1.165) is 15.1 Å². The number of benzene rings is 1. The van der Waals surface area contributed by atoms with Crippen LogP contribution in [0.3, 0.4) is 0 Å². The van der Waals surface area contributed by atoms with Crippen LogP contribution in [0.25, 0.3) is 0 Å². The molecule has 0 aliphatic heterocycles. The van der Waals surface area contributed by atoms with Gasteiger partial charge in [-0.05, 0) is 34.1 Å². The van der Waals surface area contributed by atoms with Gasteiger partial charge in [-0.1, -0.05) is 0 Å². The van der Waals surface area contributed by atoms with E-state index < -0.39 is 5.97 Å². The SMILES string of the molecule is COc1ccc(SCCC(=O)O)cc1Br. The van der Waals surface area contributed by atoms with Crippen molar-refractivity contribution in [2.24, 2.45) is 0 Å². The summed E-state index contributed by atoms with van der Waals surface area (Å²) in [6.07, 6.45) is 0.175. The average Bonchev–Trinajstić information content (AvgIpc) is 2.17. The third-order valence-corrected chi connectivity index (χ3v) is 3.32. The summed E-state index contributed by atoms with van der Waals surface area (Å²) in [7, 11) is 1.61. The zero-order chi connectivity index (χ0) is 11.3. The summed E-state index contributed by atoms with van der Waals surface area (Å²) in [6.45, 7) is 0. The Bertz CT molecular complexity index is 355. The summed E-state index contributed by atoms with van der Waals surface area (Å²) in [4.78, 5) is 11.3. The molecule has 0 atom stereocenters. The van der Waals surface area contributed by atoms with Crippen molar-refractivity contribution in [2.45, 2.75) is 11.3 Å². The zero-order valence-electron chi connectivity index (χ0n) is 8.20. The molecule has 0 bridgehead atoms. The average molecular weight is 291 g/mol. The molecule has 0 unspecified atom stereocenters. The van der Waals surface area contributed by atoms with Gasteiger partial charge in [0.05, 0.1) is 18.0 Å². The van der Waals surface area contributed by atoms with Crippen LogP contribution in [0, 0.1) is 0 Å². The summed E-state index contributed by atoms with van der Waals surface area (Å²) in [5.74, 6) is 0.585. The Kier molecular flexibility index (Phi) is 4.98. The van der Waals surface area contributed by atoms with Crippen molar-refractivity contribution in [3.05, 3.63) is 22.7 Å². The lowest BCUT2D eigenvalue weighted by molar-refractivity contribution is -0.136. The second-order valence-corrected chi connectivity index (χ2v) is 4.81. The molecule has 1 rings (SSSR count). The van der Waals surface area contributed by atoms with Crippen molar-refractivity contribution < 1.29 is 14.6 Å². The van der Waals surface area contributed by atoms with Crippen LogP contribution in [-0.4, -0.2) is 23.9 Å². The predicted octanol–water partition coefficient (Wildman–Crippen LogP) is 3.02. The monoisotopic (exact) mass is 290 g/mol. The fraction of sp³-hybridized carbons (Fsp3) is 0.300. The first-order chi connectivity index (χ1) is 7.13. The molecule has 3 nitrogen and oxygen atoms in total. The van der Waals surface area contributed by atoms with Crippen LogP contribution in [0.5, 0.6) is 5.75 Å². The highest BCUT2D eigenvalue weighted by atomic mass is 79.9. The van der Waals surface area contributed by atoms with E-state index in [2.05, 4.69) is 15.9 Å². The fourth-order valence-corrected chi connectivity index (χ4v) is 2.56. The number of carbonyl (C=O) groups is 1. The molecular weight excluding hydrogens is 280 g/mol. The largest absolute Gasteiger partial charge is 0.496 e. The number of aliphatic carboxylic acids is 1. The number of carboxylic acid groups (broad SMARTS) is 1. The van der Waals surface area contributed by atoms with Crippen molar-refractivity contribution in [1.29, 1.82) is 0 Å². The van der Waals surface area contributed by atoms with Crippen LogP contribution in [0.2, 0.25) is 0 Å². The maximum atomic E-state index is 10.3. The summed E-state index contributed by atoms with van der Waals surface area (Å²) < 4.78 is 5.97. The van der Waals surface area contributed by atoms with Gasteiger partial charge in [0, 0.05) is 10.6 Å². The minimum Gasteiger partial charge on any atom is -0.496 e. The molecule has 0 saturated carbocycles. The number of halogens is 1. The van der Waals surface area contributed by atoms with E-state index in [1.807, 2.05) is 18.2 Å². The van der Waals surface area contributed by atoms with Crippen LogP contribution in [-0.2, 0) is 4.79 Å². The Morgan fingerprint density at radius 1 is 1.60 bits per heavy atom. The normalized spacial score (nSPS) is 10.0. The summed E-state index contributed by atoms with van der Waals surface area (Å²) in [6, 6.07) is 5.69. The van der Waals surface area contributed by atoms with Crippen LogP contribution in [0.15, 0.2) is 27.6 Å². The lowest BCUT2D eigenvalue weighted by atomic mass is 10.3.